The smallest absolute Gasteiger partial charge is 0.0110 e. The highest BCUT2D eigenvalue weighted by Crippen LogP contribution is 1.99. The first kappa shape index (κ1) is 16.9. The number of hydrogen-bond donors (Lipinski definition) is 3. The van der Waals surface area contributed by atoms with E-state index in [0.717, 1.165) is 39.3 Å². The van der Waals surface area contributed by atoms with Crippen LogP contribution in [0.2, 0.25) is 0 Å². The van der Waals surface area contributed by atoms with Crippen LogP contribution in [0.4, 0.5) is 0 Å². The van der Waals surface area contributed by atoms with E-state index in [0.29, 0.717) is 0 Å². The van der Waals surface area contributed by atoms with Crippen LogP contribution in [0.5, 0.6) is 0 Å². The van der Waals surface area contributed by atoms with Gasteiger partial charge in [-0.15, -0.1) is 0 Å². The third-order valence-electron chi connectivity index (χ3n) is 3.65. The quantitative estimate of drug-likeness (QED) is 0.439. The summed E-state index contributed by atoms with van der Waals surface area (Å²) in [5, 5.41) is 10.2. The first-order valence-corrected chi connectivity index (χ1v) is 7.93. The second-order valence-electron chi connectivity index (χ2n) is 5.14. The Morgan fingerprint density at radius 2 is 1.05 bits per heavy atom. The van der Waals surface area contributed by atoms with Crippen molar-refractivity contribution in [2.24, 2.45) is 0 Å². The minimum atomic E-state index is 1.07. The fraction of sp³-hybridized carbons (Fsp3) is 1.00. The van der Waals surface area contributed by atoms with Crippen molar-refractivity contribution < 1.29 is 0 Å². The molecule has 1 saturated heterocycles. The molecule has 0 aromatic heterocycles. The van der Waals surface area contributed by atoms with Crippen LogP contribution < -0.4 is 16.0 Å². The van der Waals surface area contributed by atoms with Gasteiger partial charge in [-0.05, 0) is 13.1 Å². The number of rotatable bonds is 11. The van der Waals surface area contributed by atoms with Crippen molar-refractivity contribution in [3.8, 4) is 0 Å². The molecule has 0 amide bonds. The van der Waals surface area contributed by atoms with Gasteiger partial charge in [0.15, 0.2) is 0 Å². The van der Waals surface area contributed by atoms with Gasteiger partial charge in [-0.2, -0.15) is 0 Å². The van der Waals surface area contributed by atoms with E-state index in [2.05, 4.69) is 39.6 Å². The summed E-state index contributed by atoms with van der Waals surface area (Å²) in [6.07, 6.45) is 0. The molecule has 0 aliphatic carbocycles. The zero-order valence-electron chi connectivity index (χ0n) is 12.9. The Morgan fingerprint density at radius 3 is 1.58 bits per heavy atom. The van der Waals surface area contributed by atoms with Gasteiger partial charge in [0.05, 0.1) is 0 Å². The van der Waals surface area contributed by atoms with Gasteiger partial charge in [-0.25, -0.2) is 0 Å². The third-order valence-corrected chi connectivity index (χ3v) is 3.65. The topological polar surface area (TPSA) is 42.6 Å². The normalized spacial score (nSPS) is 18.0. The molecular formula is C14H33N5. The molecule has 1 aliphatic heterocycles. The largest absolute Gasteiger partial charge is 0.316 e. The molecule has 5 nitrogen and oxygen atoms in total. The minimum Gasteiger partial charge on any atom is -0.316 e. The molecular weight excluding hydrogens is 238 g/mol. The molecule has 5 heteroatoms. The fourth-order valence-corrected chi connectivity index (χ4v) is 2.37. The van der Waals surface area contributed by atoms with Gasteiger partial charge >= 0.3 is 0 Å². The third kappa shape index (κ3) is 8.55. The molecule has 19 heavy (non-hydrogen) atoms. The van der Waals surface area contributed by atoms with Crippen LogP contribution in [0.15, 0.2) is 0 Å². The van der Waals surface area contributed by atoms with Crippen molar-refractivity contribution in [2.75, 3.05) is 78.5 Å². The Balaban J connectivity index is 1.92. The van der Waals surface area contributed by atoms with Crippen molar-refractivity contribution >= 4 is 0 Å². The molecule has 0 unspecified atom stereocenters. The van der Waals surface area contributed by atoms with E-state index in [9.17, 15) is 0 Å². The van der Waals surface area contributed by atoms with E-state index in [1.165, 1.54) is 39.3 Å². The van der Waals surface area contributed by atoms with Gasteiger partial charge in [0, 0.05) is 65.4 Å². The van der Waals surface area contributed by atoms with Gasteiger partial charge < -0.3 is 16.0 Å². The van der Waals surface area contributed by atoms with E-state index in [4.69, 9.17) is 0 Å². The summed E-state index contributed by atoms with van der Waals surface area (Å²) in [6, 6.07) is 0. The minimum absolute atomic E-state index is 1.07. The van der Waals surface area contributed by atoms with Gasteiger partial charge in [0.25, 0.3) is 0 Å². The molecule has 0 spiro atoms. The molecule has 114 valence electrons. The Labute approximate surface area is 119 Å². The maximum Gasteiger partial charge on any atom is 0.0110 e. The highest BCUT2D eigenvalue weighted by Gasteiger charge is 2.15. The summed E-state index contributed by atoms with van der Waals surface area (Å²) >= 11 is 0. The first-order valence-electron chi connectivity index (χ1n) is 7.93. The zero-order valence-corrected chi connectivity index (χ0v) is 12.9. The molecule has 1 aliphatic rings. The number of nitrogens with one attached hydrogen (secondary N) is 3. The first-order chi connectivity index (χ1) is 9.36. The molecule has 0 bridgehead atoms. The van der Waals surface area contributed by atoms with Gasteiger partial charge in [-0.1, -0.05) is 13.8 Å². The molecule has 0 atom stereocenters. The van der Waals surface area contributed by atoms with E-state index in [1.807, 2.05) is 0 Å². The van der Waals surface area contributed by atoms with Crippen LogP contribution >= 0.6 is 0 Å². The Morgan fingerprint density at radius 1 is 0.632 bits per heavy atom. The summed E-state index contributed by atoms with van der Waals surface area (Å²) in [6.45, 7) is 18.1. The highest BCUT2D eigenvalue weighted by atomic mass is 15.3. The predicted octanol–water partition coefficient (Wildman–Crippen LogP) is -0.587. The lowest BCUT2D eigenvalue weighted by Crippen LogP contribution is -2.49. The summed E-state index contributed by atoms with van der Waals surface area (Å²) < 4.78 is 0. The van der Waals surface area contributed by atoms with Crippen LogP contribution in [-0.2, 0) is 0 Å². The van der Waals surface area contributed by atoms with E-state index in [1.54, 1.807) is 0 Å². The van der Waals surface area contributed by atoms with E-state index >= 15 is 0 Å². The maximum absolute atomic E-state index is 3.49. The van der Waals surface area contributed by atoms with E-state index in [-0.39, 0.29) is 0 Å². The summed E-state index contributed by atoms with van der Waals surface area (Å²) in [5.41, 5.74) is 0. The van der Waals surface area contributed by atoms with E-state index < -0.39 is 0 Å². The lowest BCUT2D eigenvalue weighted by Gasteiger charge is -2.34. The van der Waals surface area contributed by atoms with Crippen molar-refractivity contribution in [1.29, 1.82) is 0 Å². The van der Waals surface area contributed by atoms with Crippen LogP contribution in [-0.4, -0.2) is 88.3 Å². The van der Waals surface area contributed by atoms with Crippen molar-refractivity contribution in [2.45, 2.75) is 13.8 Å². The lowest BCUT2D eigenvalue weighted by atomic mass is 10.3. The molecule has 1 heterocycles. The summed E-state index contributed by atoms with van der Waals surface area (Å²) in [4.78, 5) is 5.14. The monoisotopic (exact) mass is 271 g/mol. The average molecular weight is 271 g/mol. The van der Waals surface area contributed by atoms with Crippen LogP contribution in [0.3, 0.4) is 0 Å². The molecule has 0 aromatic carbocycles. The summed E-state index contributed by atoms with van der Waals surface area (Å²) in [7, 11) is 0. The van der Waals surface area contributed by atoms with Gasteiger partial charge in [0.1, 0.15) is 0 Å². The molecule has 0 saturated carbocycles. The molecule has 0 aromatic rings. The van der Waals surface area contributed by atoms with Crippen molar-refractivity contribution in [3.05, 3.63) is 0 Å². The van der Waals surface area contributed by atoms with Gasteiger partial charge in [-0.3, -0.25) is 9.80 Å². The molecule has 1 fully saturated rings. The second-order valence-corrected chi connectivity index (χ2v) is 5.14. The van der Waals surface area contributed by atoms with Crippen LogP contribution in [0.25, 0.3) is 0 Å². The van der Waals surface area contributed by atoms with Crippen molar-refractivity contribution in [3.63, 3.8) is 0 Å². The molecule has 1 rings (SSSR count). The van der Waals surface area contributed by atoms with Crippen molar-refractivity contribution in [1.82, 2.24) is 25.8 Å². The standard InChI is InChI=1S/C14H33N5/c1-3-15-5-6-17-8-10-19-13-11-18(12-14-19)9-7-16-4-2/h15-17H,3-14H2,1-2H3. The van der Waals surface area contributed by atoms with Crippen LogP contribution in [0, 0.1) is 0 Å². The molecule has 0 radical (unpaired) electrons. The number of likely N-dealkylation sites (N-methyl/N-ethyl adjacent to an activating group) is 2. The fourth-order valence-electron chi connectivity index (χ4n) is 2.37. The Bertz CT molecular complexity index is 190. The summed E-state index contributed by atoms with van der Waals surface area (Å²) in [5.74, 6) is 0. The SMILES string of the molecule is CCNCCNCCN1CCN(CCNCC)CC1. The number of piperazine rings is 1. The zero-order chi connectivity index (χ0) is 13.8. The Hall–Kier alpha value is -0.200. The van der Waals surface area contributed by atoms with Gasteiger partial charge in [0.2, 0.25) is 0 Å². The second kappa shape index (κ2) is 11.6. The number of hydrogen-bond acceptors (Lipinski definition) is 5. The maximum atomic E-state index is 3.49. The predicted molar refractivity (Wildman–Crippen MR) is 82.8 cm³/mol. The molecule has 3 N–H and O–H groups in total. The number of nitrogens with zero attached hydrogens (tertiary/aromatic N) is 2. The van der Waals surface area contributed by atoms with Crippen LogP contribution in [0.1, 0.15) is 13.8 Å². The Kier molecular flexibility index (Phi) is 10.3. The lowest BCUT2D eigenvalue weighted by molar-refractivity contribution is 0.134. The average Bonchev–Trinajstić information content (AvgIpc) is 2.44. The highest BCUT2D eigenvalue weighted by molar-refractivity contribution is 4.72.